The summed E-state index contributed by atoms with van der Waals surface area (Å²) in [6.07, 6.45) is 3.96. The van der Waals surface area contributed by atoms with Gasteiger partial charge < -0.3 is 4.57 Å². The molecule has 1 aliphatic rings. The van der Waals surface area contributed by atoms with E-state index in [1.807, 2.05) is 0 Å². The zero-order valence-electron chi connectivity index (χ0n) is 9.41. The van der Waals surface area contributed by atoms with Gasteiger partial charge in [-0.2, -0.15) is 0 Å². The van der Waals surface area contributed by atoms with E-state index in [9.17, 15) is 0 Å². The number of halogens is 1. The maximum atomic E-state index is 4.37. The summed E-state index contributed by atoms with van der Waals surface area (Å²) in [5, 5.41) is 9.42. The predicted molar refractivity (Wildman–Crippen MR) is 64.1 cm³/mol. The molecule has 1 aromatic heterocycles. The molecule has 2 unspecified atom stereocenters. The van der Waals surface area contributed by atoms with Crippen molar-refractivity contribution in [2.75, 3.05) is 0 Å². The Morgan fingerprint density at radius 2 is 2.20 bits per heavy atom. The molecule has 3 nitrogen and oxygen atoms in total. The molecule has 0 radical (unpaired) electrons. The molecule has 2 rings (SSSR count). The molecule has 1 aliphatic carbocycles. The summed E-state index contributed by atoms with van der Waals surface area (Å²) in [5.74, 6) is 3.66. The van der Waals surface area contributed by atoms with Crippen molar-refractivity contribution in [1.29, 1.82) is 0 Å². The molecule has 1 saturated carbocycles. The third-order valence-corrected chi connectivity index (χ3v) is 3.99. The van der Waals surface area contributed by atoms with Crippen molar-refractivity contribution in [2.24, 2.45) is 5.92 Å². The van der Waals surface area contributed by atoms with Crippen molar-refractivity contribution < 1.29 is 0 Å². The first-order valence-corrected chi connectivity index (χ1v) is 6.88. The molecule has 4 heteroatoms. The van der Waals surface area contributed by atoms with Gasteiger partial charge in [-0.15, -0.1) is 10.2 Å². The Balaban J connectivity index is 2.30. The molecule has 0 spiro atoms. The van der Waals surface area contributed by atoms with Gasteiger partial charge in [-0.25, -0.2) is 0 Å². The van der Waals surface area contributed by atoms with Gasteiger partial charge in [0.2, 0.25) is 0 Å². The number of rotatable bonds is 3. The first-order chi connectivity index (χ1) is 7.27. The molecule has 1 aromatic rings. The Morgan fingerprint density at radius 1 is 1.40 bits per heavy atom. The highest BCUT2D eigenvalue weighted by atomic mass is 79.9. The zero-order valence-corrected chi connectivity index (χ0v) is 11.0. The van der Waals surface area contributed by atoms with Crippen molar-refractivity contribution in [3.63, 3.8) is 0 Å². The second-order valence-corrected chi connectivity index (χ2v) is 4.93. The molecule has 0 N–H and O–H groups in total. The Morgan fingerprint density at radius 3 is 2.73 bits per heavy atom. The topological polar surface area (TPSA) is 30.7 Å². The molecule has 1 heterocycles. The monoisotopic (exact) mass is 271 g/mol. The van der Waals surface area contributed by atoms with E-state index in [4.69, 9.17) is 0 Å². The fraction of sp³-hybridized carbons (Fsp3) is 0.818. The van der Waals surface area contributed by atoms with Crippen molar-refractivity contribution in [2.45, 2.75) is 50.9 Å². The smallest absolute Gasteiger partial charge is 0.143 e. The quantitative estimate of drug-likeness (QED) is 0.791. The highest BCUT2D eigenvalue weighted by molar-refractivity contribution is 9.08. The Bertz CT molecular complexity index is 335. The van der Waals surface area contributed by atoms with Gasteiger partial charge in [0.1, 0.15) is 11.6 Å². The van der Waals surface area contributed by atoms with Crippen LogP contribution in [0.2, 0.25) is 0 Å². The van der Waals surface area contributed by atoms with Crippen LogP contribution in [0, 0.1) is 5.92 Å². The van der Waals surface area contributed by atoms with Crippen LogP contribution >= 0.6 is 15.9 Å². The largest absolute Gasteiger partial charge is 0.314 e. The minimum absolute atomic E-state index is 0.630. The summed E-state index contributed by atoms with van der Waals surface area (Å²) in [6, 6.07) is 0. The fourth-order valence-electron chi connectivity index (χ4n) is 2.60. The van der Waals surface area contributed by atoms with Crippen LogP contribution in [-0.2, 0) is 11.9 Å². The van der Waals surface area contributed by atoms with Crippen LogP contribution in [0.4, 0.5) is 0 Å². The molecule has 2 atom stereocenters. The van der Waals surface area contributed by atoms with E-state index in [0.717, 1.165) is 23.6 Å². The van der Waals surface area contributed by atoms with E-state index in [1.54, 1.807) is 0 Å². The zero-order chi connectivity index (χ0) is 10.8. The molecule has 84 valence electrons. The summed E-state index contributed by atoms with van der Waals surface area (Å²) in [7, 11) is 0. The minimum Gasteiger partial charge on any atom is -0.314 e. The molecule has 15 heavy (non-hydrogen) atoms. The average molecular weight is 272 g/mol. The van der Waals surface area contributed by atoms with Crippen molar-refractivity contribution in [1.82, 2.24) is 14.8 Å². The number of hydrogen-bond acceptors (Lipinski definition) is 2. The lowest BCUT2D eigenvalue weighted by Crippen LogP contribution is -2.12. The Labute approximate surface area is 99.4 Å². The van der Waals surface area contributed by atoms with Crippen LogP contribution in [0.15, 0.2) is 0 Å². The maximum absolute atomic E-state index is 4.37. The van der Waals surface area contributed by atoms with Crippen molar-refractivity contribution in [3.05, 3.63) is 11.6 Å². The van der Waals surface area contributed by atoms with Crippen molar-refractivity contribution in [3.8, 4) is 0 Å². The molecular weight excluding hydrogens is 254 g/mol. The lowest BCUT2D eigenvalue weighted by atomic mass is 9.97. The fourth-order valence-corrected chi connectivity index (χ4v) is 3.01. The highest BCUT2D eigenvalue weighted by Crippen LogP contribution is 2.38. The van der Waals surface area contributed by atoms with Gasteiger partial charge in [0, 0.05) is 12.5 Å². The summed E-state index contributed by atoms with van der Waals surface area (Å²) >= 11 is 3.46. The summed E-state index contributed by atoms with van der Waals surface area (Å²) in [6.45, 7) is 5.48. The van der Waals surface area contributed by atoms with E-state index >= 15 is 0 Å². The van der Waals surface area contributed by atoms with E-state index in [1.165, 1.54) is 25.1 Å². The first kappa shape index (κ1) is 11.1. The molecule has 0 aliphatic heterocycles. The summed E-state index contributed by atoms with van der Waals surface area (Å²) < 4.78 is 2.27. The van der Waals surface area contributed by atoms with Crippen LogP contribution in [-0.4, -0.2) is 14.8 Å². The SMILES string of the molecule is CCn1c(CBr)nnc1C1CCCC1C. The molecule has 0 bridgehead atoms. The van der Waals surface area contributed by atoms with Crippen LogP contribution in [0.1, 0.15) is 50.7 Å². The third-order valence-electron chi connectivity index (χ3n) is 3.48. The maximum Gasteiger partial charge on any atom is 0.143 e. The molecule has 0 amide bonds. The van der Waals surface area contributed by atoms with Crippen molar-refractivity contribution >= 4 is 15.9 Å². The van der Waals surface area contributed by atoms with Crippen LogP contribution in [0.3, 0.4) is 0 Å². The Hall–Kier alpha value is -0.380. The first-order valence-electron chi connectivity index (χ1n) is 5.75. The standard InChI is InChI=1S/C11H18BrN3/c1-3-15-10(7-12)13-14-11(15)9-6-4-5-8(9)2/h8-9H,3-7H2,1-2H3. The van der Waals surface area contributed by atoms with Crippen LogP contribution < -0.4 is 0 Å². The summed E-state index contributed by atoms with van der Waals surface area (Å²) in [4.78, 5) is 0. The molecular formula is C11H18BrN3. The second kappa shape index (κ2) is 4.64. The second-order valence-electron chi connectivity index (χ2n) is 4.37. The summed E-state index contributed by atoms with van der Waals surface area (Å²) in [5.41, 5.74) is 0. The lowest BCUT2D eigenvalue weighted by Gasteiger charge is -2.15. The van der Waals surface area contributed by atoms with Gasteiger partial charge in [0.05, 0.1) is 5.33 Å². The number of aromatic nitrogens is 3. The predicted octanol–water partition coefficient (Wildman–Crippen LogP) is 3.10. The number of nitrogens with zero attached hydrogens (tertiary/aromatic N) is 3. The lowest BCUT2D eigenvalue weighted by molar-refractivity contribution is 0.484. The molecule has 0 aromatic carbocycles. The third kappa shape index (κ3) is 1.96. The van der Waals surface area contributed by atoms with Gasteiger partial charge in [-0.1, -0.05) is 29.3 Å². The van der Waals surface area contributed by atoms with E-state index in [0.29, 0.717) is 5.92 Å². The molecule has 1 fully saturated rings. The Kier molecular flexibility index (Phi) is 3.44. The minimum atomic E-state index is 0.630. The number of hydrogen-bond donors (Lipinski definition) is 0. The average Bonchev–Trinajstić information content (AvgIpc) is 2.82. The molecule has 0 saturated heterocycles. The van der Waals surface area contributed by atoms with Gasteiger partial charge >= 0.3 is 0 Å². The van der Waals surface area contributed by atoms with Crippen LogP contribution in [0.5, 0.6) is 0 Å². The van der Waals surface area contributed by atoms with Gasteiger partial charge in [0.15, 0.2) is 0 Å². The normalized spacial score (nSPS) is 26.1. The van der Waals surface area contributed by atoms with Gasteiger partial charge in [0.25, 0.3) is 0 Å². The van der Waals surface area contributed by atoms with Gasteiger partial charge in [-0.3, -0.25) is 0 Å². The number of alkyl halides is 1. The highest BCUT2D eigenvalue weighted by Gasteiger charge is 2.29. The van der Waals surface area contributed by atoms with E-state index < -0.39 is 0 Å². The van der Waals surface area contributed by atoms with E-state index in [-0.39, 0.29) is 0 Å². The van der Waals surface area contributed by atoms with E-state index in [2.05, 4.69) is 44.5 Å². The van der Waals surface area contributed by atoms with Gasteiger partial charge in [-0.05, 0) is 25.7 Å². The van der Waals surface area contributed by atoms with Crippen LogP contribution in [0.25, 0.3) is 0 Å².